The largest absolute Gasteiger partial charge is 0.0616 e. The monoisotopic (exact) mass is 444 g/mol. The van der Waals surface area contributed by atoms with Crippen LogP contribution < -0.4 is 0 Å². The van der Waals surface area contributed by atoms with Crippen LogP contribution in [0.5, 0.6) is 0 Å². The van der Waals surface area contributed by atoms with Crippen molar-refractivity contribution in [3.05, 3.63) is 56.0 Å². The molecular formula is C22H22Br2. The molecule has 2 heteroatoms. The fourth-order valence-electron chi connectivity index (χ4n) is 4.40. The second kappa shape index (κ2) is 6.46. The van der Waals surface area contributed by atoms with E-state index in [1.165, 1.54) is 73.7 Å². The van der Waals surface area contributed by atoms with Crippen LogP contribution in [0.2, 0.25) is 0 Å². The molecule has 0 heterocycles. The zero-order valence-electron chi connectivity index (χ0n) is 14.3. The summed E-state index contributed by atoms with van der Waals surface area (Å²) >= 11 is 7.88. The maximum Gasteiger partial charge on any atom is 0.0335 e. The zero-order chi connectivity index (χ0) is 16.8. The number of rotatable bonds is 1. The number of hydrogen-bond donors (Lipinski definition) is 0. The molecule has 0 bridgehead atoms. The minimum Gasteiger partial charge on any atom is -0.0616 e. The van der Waals surface area contributed by atoms with E-state index in [1.54, 1.807) is 5.56 Å². The van der Waals surface area contributed by atoms with Crippen LogP contribution in [0.15, 0.2) is 39.3 Å². The van der Waals surface area contributed by atoms with Crippen LogP contribution in [0.4, 0.5) is 0 Å². The molecule has 0 radical (unpaired) electrons. The van der Waals surface area contributed by atoms with Gasteiger partial charge in [0.1, 0.15) is 0 Å². The Morgan fingerprint density at radius 3 is 2.12 bits per heavy atom. The smallest absolute Gasteiger partial charge is 0.0335 e. The van der Waals surface area contributed by atoms with E-state index in [9.17, 15) is 0 Å². The third-order valence-electron chi connectivity index (χ3n) is 5.76. The first-order valence-electron chi connectivity index (χ1n) is 8.89. The molecule has 1 fully saturated rings. The van der Waals surface area contributed by atoms with E-state index in [0.717, 1.165) is 0 Å². The van der Waals surface area contributed by atoms with E-state index in [-0.39, 0.29) is 0 Å². The highest BCUT2D eigenvalue weighted by Gasteiger charge is 2.24. The van der Waals surface area contributed by atoms with Gasteiger partial charge in [-0.05, 0) is 103 Å². The van der Waals surface area contributed by atoms with E-state index < -0.39 is 0 Å². The highest BCUT2D eigenvalue weighted by Crippen LogP contribution is 2.46. The van der Waals surface area contributed by atoms with E-state index in [2.05, 4.69) is 76.0 Å². The normalized spacial score (nSPS) is 16.2. The Bertz CT molecular complexity index is 934. The lowest BCUT2D eigenvalue weighted by Gasteiger charge is -2.27. The minimum atomic E-state index is 0.700. The van der Waals surface area contributed by atoms with Crippen molar-refractivity contribution < 1.29 is 0 Å². The molecule has 0 saturated heterocycles. The van der Waals surface area contributed by atoms with Gasteiger partial charge < -0.3 is 0 Å². The number of fused-ring (bicyclic) bond motifs is 2. The van der Waals surface area contributed by atoms with Crippen molar-refractivity contribution in [1.82, 2.24) is 0 Å². The summed E-state index contributed by atoms with van der Waals surface area (Å²) in [5.41, 5.74) is 4.48. The molecule has 3 aromatic carbocycles. The van der Waals surface area contributed by atoms with Crippen LogP contribution in [0.25, 0.3) is 21.5 Å². The van der Waals surface area contributed by atoms with Crippen LogP contribution in [-0.2, 0) is 0 Å². The molecule has 0 unspecified atom stereocenters. The second-order valence-corrected chi connectivity index (χ2v) is 8.75. The maximum atomic E-state index is 3.97. The summed E-state index contributed by atoms with van der Waals surface area (Å²) in [5, 5.41) is 5.37. The summed E-state index contributed by atoms with van der Waals surface area (Å²) in [6, 6.07) is 11.0. The molecule has 1 aliphatic rings. The summed E-state index contributed by atoms with van der Waals surface area (Å²) in [6.07, 6.45) is 6.79. The van der Waals surface area contributed by atoms with Gasteiger partial charge in [0.05, 0.1) is 0 Å². The molecule has 1 saturated carbocycles. The molecule has 0 N–H and O–H groups in total. The van der Waals surface area contributed by atoms with Gasteiger partial charge in [0.25, 0.3) is 0 Å². The lowest BCUT2D eigenvalue weighted by atomic mass is 9.78. The highest BCUT2D eigenvalue weighted by atomic mass is 79.9. The van der Waals surface area contributed by atoms with E-state index in [4.69, 9.17) is 0 Å². The third-order valence-corrected chi connectivity index (χ3v) is 7.44. The first-order valence-corrected chi connectivity index (χ1v) is 10.5. The molecular weight excluding hydrogens is 424 g/mol. The Balaban J connectivity index is 2.15. The summed E-state index contributed by atoms with van der Waals surface area (Å²) in [6.45, 7) is 4.57. The zero-order valence-corrected chi connectivity index (χ0v) is 17.4. The average Bonchev–Trinajstić information content (AvgIpc) is 2.62. The molecule has 0 spiro atoms. The molecule has 1 aliphatic carbocycles. The summed E-state index contributed by atoms with van der Waals surface area (Å²) in [4.78, 5) is 0. The predicted molar refractivity (Wildman–Crippen MR) is 112 cm³/mol. The molecule has 0 nitrogen and oxygen atoms in total. The lowest BCUT2D eigenvalue weighted by Crippen LogP contribution is -2.08. The van der Waals surface area contributed by atoms with Crippen LogP contribution >= 0.6 is 31.9 Å². The molecule has 4 rings (SSSR count). The molecule has 0 aliphatic heterocycles. The maximum absolute atomic E-state index is 3.97. The van der Waals surface area contributed by atoms with Gasteiger partial charge in [-0.25, -0.2) is 0 Å². The Morgan fingerprint density at radius 1 is 0.833 bits per heavy atom. The van der Waals surface area contributed by atoms with Crippen molar-refractivity contribution >= 4 is 53.4 Å². The highest BCUT2D eigenvalue weighted by molar-refractivity contribution is 9.11. The Hall–Kier alpha value is -0.860. The van der Waals surface area contributed by atoms with Gasteiger partial charge in [0.2, 0.25) is 0 Å². The van der Waals surface area contributed by atoms with Crippen LogP contribution in [0.1, 0.15) is 54.7 Å². The van der Waals surface area contributed by atoms with Crippen molar-refractivity contribution in [2.45, 2.75) is 51.9 Å². The van der Waals surface area contributed by atoms with Crippen molar-refractivity contribution in [2.75, 3.05) is 0 Å². The van der Waals surface area contributed by atoms with Gasteiger partial charge in [0.15, 0.2) is 0 Å². The summed E-state index contributed by atoms with van der Waals surface area (Å²) in [5.74, 6) is 0.700. The molecule has 0 amide bonds. The van der Waals surface area contributed by atoms with Crippen molar-refractivity contribution in [3.8, 4) is 0 Å². The Kier molecular flexibility index (Phi) is 4.47. The Labute approximate surface area is 160 Å². The van der Waals surface area contributed by atoms with Crippen LogP contribution in [0, 0.1) is 13.8 Å². The van der Waals surface area contributed by atoms with E-state index in [1.807, 2.05) is 0 Å². The average molecular weight is 446 g/mol. The van der Waals surface area contributed by atoms with Gasteiger partial charge in [0, 0.05) is 14.3 Å². The Morgan fingerprint density at radius 2 is 1.46 bits per heavy atom. The first-order chi connectivity index (χ1) is 11.6. The molecule has 24 heavy (non-hydrogen) atoms. The van der Waals surface area contributed by atoms with Gasteiger partial charge in [-0.3, -0.25) is 0 Å². The second-order valence-electron chi connectivity index (χ2n) is 7.16. The number of benzene rings is 3. The van der Waals surface area contributed by atoms with Crippen molar-refractivity contribution in [1.29, 1.82) is 0 Å². The summed E-state index contributed by atoms with van der Waals surface area (Å²) < 4.78 is 2.50. The molecule has 124 valence electrons. The van der Waals surface area contributed by atoms with Crippen LogP contribution in [-0.4, -0.2) is 0 Å². The summed E-state index contributed by atoms with van der Waals surface area (Å²) in [7, 11) is 0. The van der Waals surface area contributed by atoms with Gasteiger partial charge in [-0.1, -0.05) is 43.5 Å². The minimum absolute atomic E-state index is 0.700. The third kappa shape index (κ3) is 2.54. The first kappa shape index (κ1) is 16.6. The molecule has 0 atom stereocenters. The number of halogens is 2. The quantitative estimate of drug-likeness (QED) is 0.331. The molecule has 0 aromatic heterocycles. The fourth-order valence-corrected chi connectivity index (χ4v) is 5.83. The SMILES string of the molecule is Cc1cc2c(Br)c3ccccc3c(Br)c2c(C2CCCCC2)c1C. The van der Waals surface area contributed by atoms with Gasteiger partial charge in [-0.2, -0.15) is 0 Å². The van der Waals surface area contributed by atoms with Gasteiger partial charge >= 0.3 is 0 Å². The van der Waals surface area contributed by atoms with Crippen molar-refractivity contribution in [2.24, 2.45) is 0 Å². The predicted octanol–water partition coefficient (Wildman–Crippen LogP) is 8.18. The lowest BCUT2D eigenvalue weighted by molar-refractivity contribution is 0.444. The standard InChI is InChI=1S/C22H22Br2/c1-13-12-18-20(19(14(13)2)15-8-4-3-5-9-15)22(24)17-11-7-6-10-16(17)21(18)23/h6-7,10-12,15H,3-5,8-9H2,1-2H3. The van der Waals surface area contributed by atoms with E-state index >= 15 is 0 Å². The van der Waals surface area contributed by atoms with Crippen LogP contribution in [0.3, 0.4) is 0 Å². The van der Waals surface area contributed by atoms with Crippen molar-refractivity contribution in [3.63, 3.8) is 0 Å². The van der Waals surface area contributed by atoms with Gasteiger partial charge in [-0.15, -0.1) is 0 Å². The molecule has 3 aromatic rings. The fraction of sp³-hybridized carbons (Fsp3) is 0.364. The van der Waals surface area contributed by atoms with E-state index in [0.29, 0.717) is 5.92 Å². The topological polar surface area (TPSA) is 0 Å². The number of aryl methyl sites for hydroxylation is 1. The number of hydrogen-bond acceptors (Lipinski definition) is 0.